The summed E-state index contributed by atoms with van der Waals surface area (Å²) in [5.41, 5.74) is 3.58. The maximum absolute atomic E-state index is 15.2. The Morgan fingerprint density at radius 1 is 1.05 bits per heavy atom. The number of aromatic nitrogens is 2. The van der Waals surface area contributed by atoms with E-state index in [2.05, 4.69) is 25.4 Å². The number of nitrogens with zero attached hydrogens (tertiary/aromatic N) is 4. The molecule has 3 N–H and O–H groups in total. The van der Waals surface area contributed by atoms with Crippen LogP contribution in [0, 0.1) is 5.82 Å². The third-order valence-electron chi connectivity index (χ3n) is 6.65. The zero-order chi connectivity index (χ0) is 27.6. The van der Waals surface area contributed by atoms with Crippen LogP contribution < -0.4 is 15.5 Å². The van der Waals surface area contributed by atoms with Crippen molar-refractivity contribution in [3.63, 3.8) is 0 Å². The van der Waals surface area contributed by atoms with Gasteiger partial charge in [-0.15, -0.1) is 0 Å². The molecule has 0 aliphatic carbocycles. The van der Waals surface area contributed by atoms with Crippen molar-refractivity contribution in [2.24, 2.45) is 0 Å². The summed E-state index contributed by atoms with van der Waals surface area (Å²) in [6, 6.07) is 18.5. The summed E-state index contributed by atoms with van der Waals surface area (Å²) in [5.74, 6) is -0.230. The van der Waals surface area contributed by atoms with Crippen LogP contribution in [0.4, 0.5) is 27.4 Å². The lowest BCUT2D eigenvalue weighted by Gasteiger charge is -2.38. The predicted molar refractivity (Wildman–Crippen MR) is 154 cm³/mol. The lowest BCUT2D eigenvalue weighted by atomic mass is 10.0. The number of amides is 1. The van der Waals surface area contributed by atoms with Gasteiger partial charge in [-0.05, 0) is 49.7 Å². The molecule has 2 heterocycles. The molecular formula is C30H33FN6O2. The Morgan fingerprint density at radius 2 is 1.82 bits per heavy atom. The van der Waals surface area contributed by atoms with Crippen LogP contribution in [0.15, 0.2) is 66.9 Å². The van der Waals surface area contributed by atoms with Crippen LogP contribution in [-0.4, -0.2) is 64.2 Å². The maximum atomic E-state index is 15.2. The Balaban J connectivity index is 1.34. The average molecular weight is 529 g/mol. The molecule has 1 saturated heterocycles. The number of fused-ring (bicyclic) bond motifs is 1. The number of anilines is 4. The number of benzene rings is 3. The second-order valence-electron chi connectivity index (χ2n) is 10.6. The average Bonchev–Trinajstić information content (AvgIpc) is 2.89. The molecule has 3 aromatic carbocycles. The molecule has 1 fully saturated rings. The van der Waals surface area contributed by atoms with Gasteiger partial charge in [-0.1, -0.05) is 30.3 Å². The van der Waals surface area contributed by atoms with Crippen LogP contribution in [0.3, 0.4) is 0 Å². The van der Waals surface area contributed by atoms with E-state index in [0.29, 0.717) is 23.9 Å². The highest BCUT2D eigenvalue weighted by Gasteiger charge is 2.23. The van der Waals surface area contributed by atoms with Gasteiger partial charge in [0, 0.05) is 68.2 Å². The third kappa shape index (κ3) is 6.50. The Kier molecular flexibility index (Phi) is 7.45. The van der Waals surface area contributed by atoms with Crippen LogP contribution in [0.2, 0.25) is 0 Å². The van der Waals surface area contributed by atoms with E-state index in [9.17, 15) is 9.90 Å². The molecule has 4 aromatic rings. The highest BCUT2D eigenvalue weighted by molar-refractivity contribution is 5.95. The lowest BCUT2D eigenvalue weighted by Crippen LogP contribution is -2.50. The number of hydrogen-bond acceptors (Lipinski definition) is 7. The van der Waals surface area contributed by atoms with Gasteiger partial charge in [0.25, 0.3) is 0 Å². The SMILES string of the molecule is CC(=O)Nc1cccc(-c2cccc3cnc(Nc4ccc(N5CCN(CC(C)(C)O)CC5)cc4F)nc23)c1. The van der Waals surface area contributed by atoms with E-state index in [0.717, 1.165) is 53.9 Å². The molecule has 0 spiro atoms. The molecule has 9 heteroatoms. The number of carbonyl (C=O) groups excluding carboxylic acids is 1. The number of hydrogen-bond donors (Lipinski definition) is 3. The minimum Gasteiger partial charge on any atom is -0.389 e. The fourth-order valence-electron chi connectivity index (χ4n) is 4.95. The molecule has 0 saturated carbocycles. The van der Waals surface area contributed by atoms with Crippen LogP contribution in [0.5, 0.6) is 0 Å². The molecule has 0 radical (unpaired) electrons. The maximum Gasteiger partial charge on any atom is 0.227 e. The van der Waals surface area contributed by atoms with Crippen LogP contribution in [0.25, 0.3) is 22.0 Å². The summed E-state index contributed by atoms with van der Waals surface area (Å²) in [5, 5.41) is 16.8. The lowest BCUT2D eigenvalue weighted by molar-refractivity contribution is -0.114. The second kappa shape index (κ2) is 11.0. The highest BCUT2D eigenvalue weighted by Crippen LogP contribution is 2.31. The van der Waals surface area contributed by atoms with Crippen molar-refractivity contribution in [1.29, 1.82) is 0 Å². The van der Waals surface area contributed by atoms with Crippen molar-refractivity contribution >= 4 is 39.8 Å². The highest BCUT2D eigenvalue weighted by atomic mass is 19.1. The Morgan fingerprint density at radius 3 is 2.54 bits per heavy atom. The minimum absolute atomic E-state index is 0.139. The van der Waals surface area contributed by atoms with Crippen molar-refractivity contribution in [1.82, 2.24) is 14.9 Å². The molecule has 0 atom stereocenters. The van der Waals surface area contributed by atoms with E-state index in [1.54, 1.807) is 12.3 Å². The molecule has 202 valence electrons. The summed E-state index contributed by atoms with van der Waals surface area (Å²) in [4.78, 5) is 25.0. The quantitative estimate of drug-likeness (QED) is 0.310. The van der Waals surface area contributed by atoms with Crippen LogP contribution >= 0.6 is 0 Å². The van der Waals surface area contributed by atoms with Gasteiger partial charge in [-0.3, -0.25) is 9.69 Å². The molecule has 1 aromatic heterocycles. The predicted octanol–water partition coefficient (Wildman–Crippen LogP) is 5.03. The van der Waals surface area contributed by atoms with Crippen molar-refractivity contribution in [3.8, 4) is 11.1 Å². The first-order chi connectivity index (χ1) is 18.6. The Hall–Kier alpha value is -4.08. The number of aliphatic hydroxyl groups is 1. The van der Waals surface area contributed by atoms with Crippen molar-refractivity contribution in [2.45, 2.75) is 26.4 Å². The number of nitrogens with one attached hydrogen (secondary N) is 2. The van der Waals surface area contributed by atoms with Gasteiger partial charge < -0.3 is 20.6 Å². The molecule has 5 rings (SSSR count). The summed E-state index contributed by atoms with van der Waals surface area (Å²) in [7, 11) is 0. The minimum atomic E-state index is -0.732. The Labute approximate surface area is 227 Å². The fraction of sp³-hybridized carbons (Fsp3) is 0.300. The largest absolute Gasteiger partial charge is 0.389 e. The van der Waals surface area contributed by atoms with Crippen molar-refractivity contribution < 1.29 is 14.3 Å². The second-order valence-corrected chi connectivity index (χ2v) is 10.6. The van der Waals surface area contributed by atoms with E-state index in [-0.39, 0.29) is 11.7 Å². The zero-order valence-electron chi connectivity index (χ0n) is 22.4. The number of β-amino-alcohol motifs (C(OH)–C–C–N with tert-alkyl or cyclic N) is 1. The molecule has 0 unspecified atom stereocenters. The van der Waals surface area contributed by atoms with Gasteiger partial charge in [0.1, 0.15) is 5.82 Å². The summed E-state index contributed by atoms with van der Waals surface area (Å²) in [6.45, 7) is 8.87. The molecule has 39 heavy (non-hydrogen) atoms. The first-order valence-corrected chi connectivity index (χ1v) is 13.0. The van der Waals surface area contributed by atoms with Crippen LogP contribution in [-0.2, 0) is 4.79 Å². The van der Waals surface area contributed by atoms with Crippen molar-refractivity contribution in [2.75, 3.05) is 48.3 Å². The summed E-state index contributed by atoms with van der Waals surface area (Å²) in [6.07, 6.45) is 1.71. The van der Waals surface area contributed by atoms with Gasteiger partial charge in [0.2, 0.25) is 11.9 Å². The van der Waals surface area contributed by atoms with E-state index >= 15 is 4.39 Å². The monoisotopic (exact) mass is 528 g/mol. The fourth-order valence-corrected chi connectivity index (χ4v) is 4.95. The van der Waals surface area contributed by atoms with E-state index in [1.165, 1.54) is 13.0 Å². The molecular weight excluding hydrogens is 495 g/mol. The summed E-state index contributed by atoms with van der Waals surface area (Å²) >= 11 is 0. The van der Waals surface area contributed by atoms with Gasteiger partial charge >= 0.3 is 0 Å². The molecule has 1 aliphatic rings. The third-order valence-corrected chi connectivity index (χ3v) is 6.65. The number of halogens is 1. The van der Waals surface area contributed by atoms with Gasteiger partial charge in [0.05, 0.1) is 16.8 Å². The zero-order valence-corrected chi connectivity index (χ0v) is 22.4. The first-order valence-electron chi connectivity index (χ1n) is 13.0. The number of piperazine rings is 1. The van der Waals surface area contributed by atoms with E-state index in [1.807, 2.05) is 62.4 Å². The first kappa shape index (κ1) is 26.5. The normalized spacial score (nSPS) is 14.4. The van der Waals surface area contributed by atoms with Crippen LogP contribution in [0.1, 0.15) is 20.8 Å². The van der Waals surface area contributed by atoms with Gasteiger partial charge in [-0.2, -0.15) is 0 Å². The number of rotatable bonds is 7. The smallest absolute Gasteiger partial charge is 0.227 e. The number of para-hydroxylation sites is 1. The van der Waals surface area contributed by atoms with Gasteiger partial charge in [-0.25, -0.2) is 14.4 Å². The van der Waals surface area contributed by atoms with E-state index in [4.69, 9.17) is 4.98 Å². The summed E-state index contributed by atoms with van der Waals surface area (Å²) < 4.78 is 15.2. The number of carbonyl (C=O) groups is 1. The standard InChI is InChI=1S/C30H33FN6O2/c1-20(38)33-23-8-4-6-21(16-23)25-9-5-7-22-18-32-29(35-28(22)25)34-27-11-10-24(17-26(27)31)37-14-12-36(13-15-37)19-30(2,3)39/h4-11,16-18,39H,12-15,19H2,1-3H3,(H,33,38)(H,32,34,35). The van der Waals surface area contributed by atoms with Gasteiger partial charge in [0.15, 0.2) is 0 Å². The molecule has 1 aliphatic heterocycles. The molecule has 1 amide bonds. The van der Waals surface area contributed by atoms with Crippen molar-refractivity contribution in [3.05, 3.63) is 72.7 Å². The van der Waals surface area contributed by atoms with E-state index < -0.39 is 5.60 Å². The Bertz CT molecular complexity index is 1490. The molecule has 8 nitrogen and oxygen atoms in total. The topological polar surface area (TPSA) is 93.6 Å². The molecule has 0 bridgehead atoms.